The number of nitrogens with one attached hydrogen (secondary N) is 1. The minimum absolute atomic E-state index is 0.00556. The highest BCUT2D eigenvalue weighted by Gasteiger charge is 2.46. The van der Waals surface area contributed by atoms with Gasteiger partial charge >= 0.3 is 0 Å². The fourth-order valence-corrected chi connectivity index (χ4v) is 4.19. The number of hydrogen-bond acceptors (Lipinski definition) is 2. The molecule has 2 aromatic rings. The molecule has 0 aromatic heterocycles. The van der Waals surface area contributed by atoms with E-state index in [0.29, 0.717) is 12.1 Å². The topological polar surface area (TPSA) is 49.4 Å². The second-order valence-corrected chi connectivity index (χ2v) is 7.28. The van der Waals surface area contributed by atoms with Gasteiger partial charge in [0, 0.05) is 18.2 Å². The van der Waals surface area contributed by atoms with Crippen LogP contribution in [-0.2, 0) is 11.2 Å². The zero-order valence-electron chi connectivity index (χ0n) is 15.2. The summed E-state index contributed by atoms with van der Waals surface area (Å²) in [5.41, 5.74) is 3.84. The van der Waals surface area contributed by atoms with Crippen LogP contribution in [0.4, 0.5) is 0 Å². The maximum absolute atomic E-state index is 13.3. The molecule has 4 heteroatoms. The van der Waals surface area contributed by atoms with Gasteiger partial charge in [0.15, 0.2) is 0 Å². The molecule has 3 atom stereocenters. The summed E-state index contributed by atoms with van der Waals surface area (Å²) in [5, 5.41) is 3.14. The summed E-state index contributed by atoms with van der Waals surface area (Å²) in [6.07, 6.45) is 1.71. The first-order valence-electron chi connectivity index (χ1n) is 9.40. The van der Waals surface area contributed by atoms with Crippen LogP contribution >= 0.6 is 0 Å². The van der Waals surface area contributed by atoms with Crippen molar-refractivity contribution in [2.45, 2.75) is 44.7 Å². The number of hydrogen-bond donors (Lipinski definition) is 1. The van der Waals surface area contributed by atoms with E-state index in [1.54, 1.807) is 0 Å². The van der Waals surface area contributed by atoms with Crippen LogP contribution in [0.15, 0.2) is 48.5 Å². The van der Waals surface area contributed by atoms with Gasteiger partial charge in [0.25, 0.3) is 5.91 Å². The Morgan fingerprint density at radius 3 is 2.62 bits per heavy atom. The molecule has 0 spiro atoms. The molecule has 1 N–H and O–H groups in total. The number of carbonyl (C=O) groups excluding carboxylic acids is 2. The summed E-state index contributed by atoms with van der Waals surface area (Å²) in [5.74, 6) is -0.335. The highest BCUT2D eigenvalue weighted by Crippen LogP contribution is 2.45. The van der Waals surface area contributed by atoms with Crippen LogP contribution in [0.2, 0.25) is 0 Å². The van der Waals surface area contributed by atoms with Crippen LogP contribution in [0.3, 0.4) is 0 Å². The van der Waals surface area contributed by atoms with E-state index in [1.165, 1.54) is 5.56 Å². The normalized spacial score (nSPS) is 22.1. The highest BCUT2D eigenvalue weighted by molar-refractivity contribution is 6.01. The van der Waals surface area contributed by atoms with Gasteiger partial charge in [0.2, 0.25) is 5.91 Å². The van der Waals surface area contributed by atoms with Crippen LogP contribution in [0.1, 0.15) is 59.3 Å². The minimum Gasteiger partial charge on any atom is -0.353 e. The summed E-state index contributed by atoms with van der Waals surface area (Å²) in [6, 6.07) is 15.7. The van der Waals surface area contributed by atoms with Crippen molar-refractivity contribution < 1.29 is 9.59 Å². The molecule has 2 aliphatic rings. The number of fused-ring (bicyclic) bond motifs is 4. The van der Waals surface area contributed by atoms with E-state index < -0.39 is 0 Å². The quantitative estimate of drug-likeness (QED) is 0.924. The number of benzene rings is 2. The van der Waals surface area contributed by atoms with Crippen molar-refractivity contribution >= 4 is 11.8 Å². The van der Waals surface area contributed by atoms with Crippen molar-refractivity contribution in [1.29, 1.82) is 0 Å². The monoisotopic (exact) mass is 348 g/mol. The lowest BCUT2D eigenvalue weighted by atomic mass is 9.75. The van der Waals surface area contributed by atoms with Crippen molar-refractivity contribution in [1.82, 2.24) is 10.2 Å². The molecule has 4 rings (SSSR count). The molecule has 26 heavy (non-hydrogen) atoms. The summed E-state index contributed by atoms with van der Waals surface area (Å²) in [4.78, 5) is 28.2. The molecule has 3 unspecified atom stereocenters. The van der Waals surface area contributed by atoms with Crippen molar-refractivity contribution in [3.63, 3.8) is 0 Å². The SMILES string of the molecule is CCC(C)NC(=O)C1c2ccccc2C(=O)N2CCc3ccccc3C12. The smallest absolute Gasteiger partial charge is 0.254 e. The van der Waals surface area contributed by atoms with Gasteiger partial charge in [-0.05, 0) is 42.5 Å². The third-order valence-electron chi connectivity index (χ3n) is 5.72. The standard InChI is InChI=1S/C22H24N2O2/c1-3-14(2)23-21(25)19-17-10-6-7-11-18(17)22(26)24-13-12-15-8-4-5-9-16(15)20(19)24/h4-11,14,19-20H,3,12-13H2,1-2H3,(H,23,25). The first-order valence-corrected chi connectivity index (χ1v) is 9.40. The fraction of sp³-hybridized carbons (Fsp3) is 0.364. The first-order chi connectivity index (χ1) is 12.6. The lowest BCUT2D eigenvalue weighted by Gasteiger charge is -2.45. The predicted molar refractivity (Wildman–Crippen MR) is 101 cm³/mol. The number of amides is 2. The summed E-state index contributed by atoms with van der Waals surface area (Å²) in [6.45, 7) is 4.73. The van der Waals surface area contributed by atoms with Crippen molar-refractivity contribution in [3.8, 4) is 0 Å². The van der Waals surface area contributed by atoms with Gasteiger partial charge in [-0.3, -0.25) is 9.59 Å². The van der Waals surface area contributed by atoms with Gasteiger partial charge < -0.3 is 10.2 Å². The Labute approximate surface area is 154 Å². The number of nitrogens with zero attached hydrogens (tertiary/aromatic N) is 1. The molecule has 0 saturated carbocycles. The maximum Gasteiger partial charge on any atom is 0.254 e. The Balaban J connectivity index is 1.86. The summed E-state index contributed by atoms with van der Waals surface area (Å²) < 4.78 is 0. The summed E-state index contributed by atoms with van der Waals surface area (Å²) in [7, 11) is 0. The molecule has 2 aromatic carbocycles. The van der Waals surface area contributed by atoms with E-state index in [-0.39, 0.29) is 29.8 Å². The number of carbonyl (C=O) groups is 2. The molecule has 134 valence electrons. The molecule has 2 aliphatic heterocycles. The Morgan fingerprint density at radius 2 is 1.85 bits per heavy atom. The Kier molecular flexibility index (Phi) is 4.27. The molecule has 2 heterocycles. The van der Waals surface area contributed by atoms with Gasteiger partial charge in [-0.15, -0.1) is 0 Å². The van der Waals surface area contributed by atoms with E-state index in [1.807, 2.05) is 48.2 Å². The van der Waals surface area contributed by atoms with Crippen LogP contribution in [0.5, 0.6) is 0 Å². The third kappa shape index (κ3) is 2.61. The van der Waals surface area contributed by atoms with Crippen LogP contribution in [0.25, 0.3) is 0 Å². The second kappa shape index (κ2) is 6.60. The zero-order chi connectivity index (χ0) is 18.3. The van der Waals surface area contributed by atoms with Crippen molar-refractivity contribution in [2.75, 3.05) is 6.54 Å². The lowest BCUT2D eigenvalue weighted by molar-refractivity contribution is -0.125. The lowest BCUT2D eigenvalue weighted by Crippen LogP contribution is -2.51. The molecule has 0 fully saturated rings. The Morgan fingerprint density at radius 1 is 1.15 bits per heavy atom. The van der Waals surface area contributed by atoms with Gasteiger partial charge in [-0.25, -0.2) is 0 Å². The minimum atomic E-state index is -0.376. The largest absolute Gasteiger partial charge is 0.353 e. The molecule has 0 radical (unpaired) electrons. The van der Waals surface area contributed by atoms with E-state index >= 15 is 0 Å². The Hall–Kier alpha value is -2.62. The van der Waals surface area contributed by atoms with Crippen LogP contribution in [0, 0.1) is 0 Å². The highest BCUT2D eigenvalue weighted by atomic mass is 16.2. The molecular weight excluding hydrogens is 324 g/mol. The van der Waals surface area contributed by atoms with Gasteiger partial charge in [-0.1, -0.05) is 49.4 Å². The van der Waals surface area contributed by atoms with Gasteiger partial charge in [0.1, 0.15) is 0 Å². The second-order valence-electron chi connectivity index (χ2n) is 7.28. The van der Waals surface area contributed by atoms with Gasteiger partial charge in [0.05, 0.1) is 12.0 Å². The van der Waals surface area contributed by atoms with Gasteiger partial charge in [-0.2, -0.15) is 0 Å². The predicted octanol–water partition coefficient (Wildman–Crippen LogP) is 3.44. The van der Waals surface area contributed by atoms with Crippen LogP contribution < -0.4 is 5.32 Å². The maximum atomic E-state index is 13.3. The number of rotatable bonds is 3. The third-order valence-corrected chi connectivity index (χ3v) is 5.72. The first kappa shape index (κ1) is 16.8. The molecule has 0 aliphatic carbocycles. The average Bonchev–Trinajstić information content (AvgIpc) is 2.68. The molecule has 0 bridgehead atoms. The fourth-order valence-electron chi connectivity index (χ4n) is 4.19. The summed E-state index contributed by atoms with van der Waals surface area (Å²) >= 11 is 0. The van der Waals surface area contributed by atoms with E-state index in [0.717, 1.165) is 24.0 Å². The van der Waals surface area contributed by atoms with E-state index in [2.05, 4.69) is 24.4 Å². The average molecular weight is 348 g/mol. The molecule has 0 saturated heterocycles. The zero-order valence-corrected chi connectivity index (χ0v) is 15.2. The van der Waals surface area contributed by atoms with E-state index in [9.17, 15) is 9.59 Å². The molecule has 4 nitrogen and oxygen atoms in total. The van der Waals surface area contributed by atoms with E-state index in [4.69, 9.17) is 0 Å². The Bertz CT molecular complexity index is 861. The van der Waals surface area contributed by atoms with Crippen molar-refractivity contribution in [3.05, 3.63) is 70.8 Å². The molecule has 2 amide bonds. The van der Waals surface area contributed by atoms with Crippen LogP contribution in [-0.4, -0.2) is 29.3 Å². The van der Waals surface area contributed by atoms with Crippen molar-refractivity contribution in [2.24, 2.45) is 0 Å². The molecular formula is C22H24N2O2.